The summed E-state index contributed by atoms with van der Waals surface area (Å²) in [5.74, 6) is 0.163. The molecule has 0 saturated heterocycles. The molecule has 1 atom stereocenters. The van der Waals surface area contributed by atoms with Gasteiger partial charge in [-0.3, -0.25) is 4.79 Å². The summed E-state index contributed by atoms with van der Waals surface area (Å²) in [5.41, 5.74) is 0.659. The molecule has 1 aromatic rings. The van der Waals surface area contributed by atoms with Crippen molar-refractivity contribution in [2.75, 3.05) is 13.4 Å². The van der Waals surface area contributed by atoms with Crippen LogP contribution in [0.3, 0.4) is 0 Å². The Bertz CT molecular complexity index is 440. The number of aliphatic carboxylic acids is 1. The highest BCUT2D eigenvalue weighted by molar-refractivity contribution is 5.80. The summed E-state index contributed by atoms with van der Waals surface area (Å²) < 4.78 is 15.7. The molecule has 2 aliphatic heterocycles. The maximum atomic E-state index is 10.9. The second-order valence-electron chi connectivity index (χ2n) is 3.42. The average Bonchev–Trinajstić information content (AvgIpc) is 2.82. The third kappa shape index (κ3) is 1.06. The fourth-order valence-electron chi connectivity index (χ4n) is 1.85. The van der Waals surface area contributed by atoms with Crippen LogP contribution in [0.15, 0.2) is 12.1 Å². The van der Waals surface area contributed by atoms with Gasteiger partial charge in [-0.05, 0) is 6.07 Å². The lowest BCUT2D eigenvalue weighted by Gasteiger charge is -2.03. The largest absolute Gasteiger partial charge is 0.488 e. The van der Waals surface area contributed by atoms with Gasteiger partial charge in [-0.2, -0.15) is 0 Å². The summed E-state index contributed by atoms with van der Waals surface area (Å²) in [5, 5.41) is 8.96. The number of hydrogen-bond donors (Lipinski definition) is 1. The lowest BCUT2D eigenvalue weighted by Crippen LogP contribution is -2.12. The molecule has 78 valence electrons. The Morgan fingerprint density at radius 2 is 2.13 bits per heavy atom. The van der Waals surface area contributed by atoms with Gasteiger partial charge in [0.1, 0.15) is 12.5 Å². The van der Waals surface area contributed by atoms with E-state index in [1.807, 2.05) is 0 Å². The van der Waals surface area contributed by atoms with Crippen LogP contribution in [0, 0.1) is 0 Å². The van der Waals surface area contributed by atoms with E-state index in [9.17, 15) is 4.79 Å². The molecule has 0 radical (unpaired) electrons. The van der Waals surface area contributed by atoms with Crippen molar-refractivity contribution in [3.8, 4) is 17.2 Å². The van der Waals surface area contributed by atoms with Gasteiger partial charge in [0.2, 0.25) is 12.5 Å². The van der Waals surface area contributed by atoms with Crippen molar-refractivity contribution in [2.24, 2.45) is 0 Å². The summed E-state index contributed by atoms with van der Waals surface area (Å²) in [7, 11) is 0. The third-order valence-electron chi connectivity index (χ3n) is 2.59. The molecule has 0 aliphatic carbocycles. The highest BCUT2D eigenvalue weighted by atomic mass is 16.7. The Morgan fingerprint density at radius 1 is 1.27 bits per heavy atom. The van der Waals surface area contributed by atoms with Crippen molar-refractivity contribution < 1.29 is 24.1 Å². The van der Waals surface area contributed by atoms with Crippen LogP contribution in [0.4, 0.5) is 0 Å². The van der Waals surface area contributed by atoms with Crippen molar-refractivity contribution >= 4 is 5.97 Å². The first-order valence-electron chi connectivity index (χ1n) is 4.55. The zero-order chi connectivity index (χ0) is 10.4. The Balaban J connectivity index is 2.13. The van der Waals surface area contributed by atoms with Crippen molar-refractivity contribution in [2.45, 2.75) is 5.92 Å². The highest BCUT2D eigenvalue weighted by Crippen LogP contribution is 2.48. The van der Waals surface area contributed by atoms with E-state index in [0.29, 0.717) is 22.8 Å². The fourth-order valence-corrected chi connectivity index (χ4v) is 1.85. The quantitative estimate of drug-likeness (QED) is 0.745. The maximum absolute atomic E-state index is 10.9. The van der Waals surface area contributed by atoms with Crippen LogP contribution in [0.1, 0.15) is 11.5 Å². The van der Waals surface area contributed by atoms with Crippen LogP contribution < -0.4 is 14.2 Å². The van der Waals surface area contributed by atoms with Crippen LogP contribution in [-0.4, -0.2) is 24.5 Å². The zero-order valence-corrected chi connectivity index (χ0v) is 7.73. The van der Waals surface area contributed by atoms with E-state index in [1.54, 1.807) is 12.1 Å². The molecule has 5 heteroatoms. The van der Waals surface area contributed by atoms with Crippen LogP contribution in [0.2, 0.25) is 0 Å². The average molecular weight is 208 g/mol. The molecular formula is C10H8O5. The zero-order valence-electron chi connectivity index (χ0n) is 7.73. The Morgan fingerprint density at radius 3 is 2.93 bits per heavy atom. The number of hydrogen-bond acceptors (Lipinski definition) is 4. The fraction of sp³-hybridized carbons (Fsp3) is 0.300. The SMILES string of the molecule is O=C(O)C1COc2c1ccc1c2OCO1. The van der Waals surface area contributed by atoms with Gasteiger partial charge in [-0.15, -0.1) is 0 Å². The van der Waals surface area contributed by atoms with Crippen LogP contribution >= 0.6 is 0 Å². The van der Waals surface area contributed by atoms with Gasteiger partial charge in [-0.25, -0.2) is 0 Å². The lowest BCUT2D eigenvalue weighted by molar-refractivity contribution is -0.138. The summed E-state index contributed by atoms with van der Waals surface area (Å²) >= 11 is 0. The minimum absolute atomic E-state index is 0.157. The number of fused-ring (bicyclic) bond motifs is 3. The van der Waals surface area contributed by atoms with Crippen LogP contribution in [0.5, 0.6) is 17.2 Å². The molecule has 0 saturated carbocycles. The highest BCUT2D eigenvalue weighted by Gasteiger charge is 2.35. The normalized spacial score (nSPS) is 20.9. The van der Waals surface area contributed by atoms with E-state index in [0.717, 1.165) is 0 Å². The maximum Gasteiger partial charge on any atom is 0.314 e. The van der Waals surface area contributed by atoms with Gasteiger partial charge in [-0.1, -0.05) is 6.07 Å². The van der Waals surface area contributed by atoms with Gasteiger partial charge in [0.25, 0.3) is 0 Å². The topological polar surface area (TPSA) is 65.0 Å². The smallest absolute Gasteiger partial charge is 0.314 e. The van der Waals surface area contributed by atoms with Crippen molar-refractivity contribution in [3.05, 3.63) is 17.7 Å². The molecular weight excluding hydrogens is 200 g/mol. The molecule has 1 N–H and O–H groups in total. The summed E-state index contributed by atoms with van der Waals surface area (Å²) in [6.45, 7) is 0.317. The molecule has 2 heterocycles. The monoisotopic (exact) mass is 208 g/mol. The predicted molar refractivity (Wildman–Crippen MR) is 48.4 cm³/mol. The molecule has 2 aliphatic rings. The molecule has 0 fully saturated rings. The third-order valence-corrected chi connectivity index (χ3v) is 2.59. The van der Waals surface area contributed by atoms with E-state index >= 15 is 0 Å². The molecule has 1 aromatic carbocycles. The van der Waals surface area contributed by atoms with Crippen molar-refractivity contribution in [1.29, 1.82) is 0 Å². The second-order valence-corrected chi connectivity index (χ2v) is 3.42. The molecule has 15 heavy (non-hydrogen) atoms. The molecule has 1 unspecified atom stereocenters. The molecule has 0 amide bonds. The van der Waals surface area contributed by atoms with Crippen molar-refractivity contribution in [3.63, 3.8) is 0 Å². The molecule has 3 rings (SSSR count). The predicted octanol–water partition coefficient (Wildman–Crippen LogP) is 0.976. The summed E-state index contributed by atoms with van der Waals surface area (Å²) in [6.07, 6.45) is 0. The first kappa shape index (κ1) is 8.40. The number of ether oxygens (including phenoxy) is 3. The van der Waals surface area contributed by atoms with E-state index in [1.165, 1.54) is 0 Å². The van der Waals surface area contributed by atoms with Gasteiger partial charge in [0, 0.05) is 5.56 Å². The molecule has 0 aromatic heterocycles. The van der Waals surface area contributed by atoms with E-state index < -0.39 is 11.9 Å². The number of carboxylic acid groups (broad SMARTS) is 1. The van der Waals surface area contributed by atoms with E-state index in [2.05, 4.69) is 0 Å². The van der Waals surface area contributed by atoms with Crippen LogP contribution in [0.25, 0.3) is 0 Å². The molecule has 5 nitrogen and oxygen atoms in total. The lowest BCUT2D eigenvalue weighted by atomic mass is 10.0. The molecule has 0 bridgehead atoms. The van der Waals surface area contributed by atoms with E-state index in [4.69, 9.17) is 19.3 Å². The first-order valence-corrected chi connectivity index (χ1v) is 4.55. The minimum atomic E-state index is -0.882. The standard InChI is InChI=1S/C10H8O5/c11-10(12)6-3-13-8-5(6)1-2-7-9(8)15-4-14-7/h1-2,6H,3-4H2,(H,11,12). The Hall–Kier alpha value is -1.91. The van der Waals surface area contributed by atoms with Crippen LogP contribution in [-0.2, 0) is 4.79 Å². The van der Waals surface area contributed by atoms with E-state index in [-0.39, 0.29) is 13.4 Å². The second kappa shape index (κ2) is 2.79. The molecule has 0 spiro atoms. The summed E-state index contributed by atoms with van der Waals surface area (Å²) in [4.78, 5) is 10.9. The van der Waals surface area contributed by atoms with Gasteiger partial charge < -0.3 is 19.3 Å². The number of carboxylic acids is 1. The first-order chi connectivity index (χ1) is 7.27. The summed E-state index contributed by atoms with van der Waals surface area (Å²) in [6, 6.07) is 3.43. The number of benzene rings is 1. The van der Waals surface area contributed by atoms with Gasteiger partial charge in [0.05, 0.1) is 0 Å². The van der Waals surface area contributed by atoms with Gasteiger partial charge in [0.15, 0.2) is 11.5 Å². The van der Waals surface area contributed by atoms with Gasteiger partial charge >= 0.3 is 5.97 Å². The Kier molecular flexibility index (Phi) is 1.56. The number of rotatable bonds is 1. The number of carbonyl (C=O) groups is 1. The Labute approximate surface area is 85.2 Å². The minimum Gasteiger partial charge on any atom is -0.488 e. The van der Waals surface area contributed by atoms with Crippen molar-refractivity contribution in [1.82, 2.24) is 0 Å².